The molecule has 0 saturated carbocycles. The lowest BCUT2D eigenvalue weighted by atomic mass is 9.98. The third-order valence-corrected chi connectivity index (χ3v) is 2.96. The summed E-state index contributed by atoms with van der Waals surface area (Å²) in [5.74, 6) is 0. The Balaban J connectivity index is 1.97. The number of rotatable bonds is 3. The maximum Gasteiger partial charge on any atom is 0.101 e. The summed E-state index contributed by atoms with van der Waals surface area (Å²) in [5, 5.41) is 13.7. The van der Waals surface area contributed by atoms with Gasteiger partial charge in [-0.15, -0.1) is 0 Å². The lowest BCUT2D eigenvalue weighted by Crippen LogP contribution is -2.48. The molecule has 0 aliphatic carbocycles. The second kappa shape index (κ2) is 4.35. The Hall–Kier alpha value is -0.840. The average Bonchev–Trinajstić information content (AvgIpc) is 2.71. The molecule has 1 saturated heterocycles. The molecule has 1 aliphatic rings. The lowest BCUT2D eigenvalue weighted by molar-refractivity contribution is 0.0127. The zero-order valence-corrected chi connectivity index (χ0v) is 9.16. The number of aromatic nitrogens is 1. The fourth-order valence-corrected chi connectivity index (χ4v) is 2.05. The van der Waals surface area contributed by atoms with Crippen molar-refractivity contribution in [2.75, 3.05) is 32.7 Å². The minimum absolute atomic E-state index is 0.701. The van der Waals surface area contributed by atoms with Crippen LogP contribution in [0.1, 0.15) is 12.5 Å². The number of hydrogen-bond acceptors (Lipinski definition) is 3. The standard InChI is InChI=1S/C11H19N3O/c1-11(15,10-2-3-13-8-10)9-14-6-4-12-5-7-14/h2-3,8,12-13,15H,4-7,9H2,1H3. The van der Waals surface area contributed by atoms with Gasteiger partial charge in [-0.25, -0.2) is 0 Å². The highest BCUT2D eigenvalue weighted by Gasteiger charge is 2.27. The van der Waals surface area contributed by atoms with Gasteiger partial charge in [-0.2, -0.15) is 0 Å². The van der Waals surface area contributed by atoms with E-state index < -0.39 is 5.60 Å². The molecule has 2 heterocycles. The van der Waals surface area contributed by atoms with Crippen LogP contribution in [-0.4, -0.2) is 47.7 Å². The van der Waals surface area contributed by atoms with Gasteiger partial charge in [0, 0.05) is 50.7 Å². The Morgan fingerprint density at radius 1 is 1.47 bits per heavy atom. The zero-order valence-electron chi connectivity index (χ0n) is 9.16. The van der Waals surface area contributed by atoms with Crippen molar-refractivity contribution < 1.29 is 5.11 Å². The Morgan fingerprint density at radius 3 is 2.80 bits per heavy atom. The van der Waals surface area contributed by atoms with Crippen LogP contribution in [0.2, 0.25) is 0 Å². The van der Waals surface area contributed by atoms with Crippen molar-refractivity contribution in [3.05, 3.63) is 24.0 Å². The molecule has 3 N–H and O–H groups in total. The monoisotopic (exact) mass is 209 g/mol. The molecule has 0 aromatic carbocycles. The summed E-state index contributed by atoms with van der Waals surface area (Å²) < 4.78 is 0. The van der Waals surface area contributed by atoms with Gasteiger partial charge in [0.1, 0.15) is 5.60 Å². The summed E-state index contributed by atoms with van der Waals surface area (Å²) in [6, 6.07) is 1.93. The van der Waals surface area contributed by atoms with E-state index in [2.05, 4.69) is 15.2 Å². The molecule has 2 rings (SSSR count). The highest BCUT2D eigenvalue weighted by Crippen LogP contribution is 2.21. The maximum absolute atomic E-state index is 10.3. The van der Waals surface area contributed by atoms with Crippen LogP contribution in [0.25, 0.3) is 0 Å². The minimum Gasteiger partial charge on any atom is -0.384 e. The molecule has 0 bridgehead atoms. The molecule has 1 fully saturated rings. The molecule has 0 spiro atoms. The fraction of sp³-hybridized carbons (Fsp3) is 0.636. The SMILES string of the molecule is CC(O)(CN1CCNCC1)c1cc[nH]c1. The largest absolute Gasteiger partial charge is 0.384 e. The second-order valence-electron chi connectivity index (χ2n) is 4.40. The summed E-state index contributed by atoms with van der Waals surface area (Å²) in [4.78, 5) is 5.28. The van der Waals surface area contributed by atoms with E-state index in [4.69, 9.17) is 0 Å². The number of nitrogens with one attached hydrogen (secondary N) is 2. The first kappa shape index (κ1) is 10.7. The first-order valence-corrected chi connectivity index (χ1v) is 5.47. The predicted molar refractivity (Wildman–Crippen MR) is 59.7 cm³/mol. The number of H-pyrrole nitrogens is 1. The third-order valence-electron chi connectivity index (χ3n) is 2.96. The number of aromatic amines is 1. The topological polar surface area (TPSA) is 51.3 Å². The van der Waals surface area contributed by atoms with Crippen LogP contribution < -0.4 is 5.32 Å². The van der Waals surface area contributed by atoms with Gasteiger partial charge in [-0.1, -0.05) is 0 Å². The fourth-order valence-electron chi connectivity index (χ4n) is 2.05. The summed E-state index contributed by atoms with van der Waals surface area (Å²) in [7, 11) is 0. The van der Waals surface area contributed by atoms with Crippen LogP contribution >= 0.6 is 0 Å². The van der Waals surface area contributed by atoms with E-state index in [0.29, 0.717) is 6.54 Å². The number of piperazine rings is 1. The smallest absolute Gasteiger partial charge is 0.101 e. The van der Waals surface area contributed by atoms with Crippen LogP contribution in [-0.2, 0) is 5.60 Å². The van der Waals surface area contributed by atoms with E-state index in [9.17, 15) is 5.11 Å². The quantitative estimate of drug-likeness (QED) is 0.663. The molecule has 1 unspecified atom stereocenters. The number of hydrogen-bond donors (Lipinski definition) is 3. The highest BCUT2D eigenvalue weighted by atomic mass is 16.3. The number of β-amino-alcohol motifs (C(OH)–C–C–N with tert-alkyl or cyclic N) is 1. The van der Waals surface area contributed by atoms with Crippen molar-refractivity contribution in [3.8, 4) is 0 Å². The minimum atomic E-state index is -0.753. The van der Waals surface area contributed by atoms with Crippen LogP contribution in [0, 0.1) is 0 Å². The molecule has 0 amide bonds. The van der Waals surface area contributed by atoms with Crippen LogP contribution in [0.5, 0.6) is 0 Å². The molecule has 4 nitrogen and oxygen atoms in total. The van der Waals surface area contributed by atoms with Gasteiger partial charge in [0.25, 0.3) is 0 Å². The molecule has 1 aromatic heterocycles. The normalized spacial score (nSPS) is 22.5. The van der Waals surface area contributed by atoms with Crippen molar-refractivity contribution in [3.63, 3.8) is 0 Å². The molecule has 0 radical (unpaired) electrons. The van der Waals surface area contributed by atoms with E-state index in [1.165, 1.54) is 0 Å². The first-order chi connectivity index (χ1) is 7.18. The van der Waals surface area contributed by atoms with Crippen LogP contribution in [0.4, 0.5) is 0 Å². The Bertz CT molecular complexity index is 289. The van der Waals surface area contributed by atoms with Gasteiger partial charge < -0.3 is 15.4 Å². The molecule has 84 valence electrons. The van der Waals surface area contributed by atoms with Gasteiger partial charge in [0.15, 0.2) is 0 Å². The molecule has 15 heavy (non-hydrogen) atoms. The Morgan fingerprint density at radius 2 is 2.20 bits per heavy atom. The van der Waals surface area contributed by atoms with Crippen LogP contribution in [0.3, 0.4) is 0 Å². The second-order valence-corrected chi connectivity index (χ2v) is 4.40. The number of nitrogens with zero attached hydrogens (tertiary/aromatic N) is 1. The van der Waals surface area contributed by atoms with Gasteiger partial charge in [-0.05, 0) is 13.0 Å². The first-order valence-electron chi connectivity index (χ1n) is 5.47. The average molecular weight is 209 g/mol. The zero-order chi connectivity index (χ0) is 10.7. The molecule has 1 aliphatic heterocycles. The molecule has 1 aromatic rings. The molecular weight excluding hydrogens is 190 g/mol. The Kier molecular flexibility index (Phi) is 3.09. The van der Waals surface area contributed by atoms with Gasteiger partial charge in [0.05, 0.1) is 0 Å². The van der Waals surface area contributed by atoms with Crippen molar-refractivity contribution >= 4 is 0 Å². The van der Waals surface area contributed by atoms with Gasteiger partial charge >= 0.3 is 0 Å². The molecule has 4 heteroatoms. The Labute approximate surface area is 90.3 Å². The lowest BCUT2D eigenvalue weighted by Gasteiger charge is -2.33. The summed E-state index contributed by atoms with van der Waals surface area (Å²) in [6.07, 6.45) is 3.71. The van der Waals surface area contributed by atoms with Gasteiger partial charge in [0.2, 0.25) is 0 Å². The van der Waals surface area contributed by atoms with Crippen molar-refractivity contribution in [1.29, 1.82) is 0 Å². The van der Waals surface area contributed by atoms with Crippen molar-refractivity contribution in [2.24, 2.45) is 0 Å². The van der Waals surface area contributed by atoms with Crippen LogP contribution in [0.15, 0.2) is 18.5 Å². The summed E-state index contributed by atoms with van der Waals surface area (Å²) in [6.45, 7) is 6.64. The van der Waals surface area contributed by atoms with E-state index >= 15 is 0 Å². The third kappa shape index (κ3) is 2.59. The maximum atomic E-state index is 10.3. The van der Waals surface area contributed by atoms with E-state index in [-0.39, 0.29) is 0 Å². The van der Waals surface area contributed by atoms with E-state index in [1.54, 1.807) is 0 Å². The predicted octanol–water partition coefficient (Wildman–Crippen LogP) is 0.127. The summed E-state index contributed by atoms with van der Waals surface area (Å²) >= 11 is 0. The van der Waals surface area contributed by atoms with Gasteiger partial charge in [-0.3, -0.25) is 4.90 Å². The number of aliphatic hydroxyl groups is 1. The van der Waals surface area contributed by atoms with Crippen molar-refractivity contribution in [1.82, 2.24) is 15.2 Å². The highest BCUT2D eigenvalue weighted by molar-refractivity contribution is 5.17. The van der Waals surface area contributed by atoms with E-state index in [0.717, 1.165) is 31.7 Å². The summed E-state index contributed by atoms with van der Waals surface area (Å²) in [5.41, 5.74) is 0.207. The van der Waals surface area contributed by atoms with E-state index in [1.807, 2.05) is 25.4 Å². The molecule has 1 atom stereocenters. The molecular formula is C11H19N3O. The van der Waals surface area contributed by atoms with Crippen molar-refractivity contribution in [2.45, 2.75) is 12.5 Å².